The summed E-state index contributed by atoms with van der Waals surface area (Å²) < 4.78 is 5.42. The fraction of sp³-hybridized carbons (Fsp3) is 0.583. The molecule has 1 aliphatic heterocycles. The van der Waals surface area contributed by atoms with Crippen LogP contribution in [0.15, 0.2) is 16.0 Å². The molecule has 0 saturated carbocycles. The van der Waals surface area contributed by atoms with Crippen molar-refractivity contribution in [2.24, 2.45) is 0 Å². The van der Waals surface area contributed by atoms with Gasteiger partial charge in [-0.25, -0.2) is 4.98 Å². The number of amides is 1. The number of aryl methyl sites for hydroxylation is 1. The fourth-order valence-corrected chi connectivity index (χ4v) is 2.59. The summed E-state index contributed by atoms with van der Waals surface area (Å²) in [5, 5.41) is 3.29. The molecule has 1 saturated heterocycles. The van der Waals surface area contributed by atoms with Gasteiger partial charge < -0.3 is 15.0 Å². The van der Waals surface area contributed by atoms with Gasteiger partial charge >= 0.3 is 0 Å². The van der Waals surface area contributed by atoms with E-state index >= 15 is 0 Å². The first-order valence-electron chi connectivity index (χ1n) is 6.22. The lowest BCUT2D eigenvalue weighted by Gasteiger charge is -2.10. The Kier molecular flexibility index (Phi) is 4.98. The molecule has 19 heavy (non-hydrogen) atoms. The Bertz CT molecular complexity index is 497. The number of carbonyl (C=O) groups is 1. The van der Waals surface area contributed by atoms with Crippen LogP contribution in [0.3, 0.4) is 0 Å². The maximum absolute atomic E-state index is 11.6. The van der Waals surface area contributed by atoms with E-state index in [1.54, 1.807) is 6.92 Å². The van der Waals surface area contributed by atoms with E-state index in [1.165, 1.54) is 17.8 Å². The van der Waals surface area contributed by atoms with Crippen molar-refractivity contribution in [2.45, 2.75) is 31.0 Å². The van der Waals surface area contributed by atoms with Gasteiger partial charge in [-0.05, 0) is 19.8 Å². The van der Waals surface area contributed by atoms with Gasteiger partial charge in [-0.2, -0.15) is 0 Å². The minimum Gasteiger partial charge on any atom is -0.376 e. The normalized spacial score (nSPS) is 18.5. The van der Waals surface area contributed by atoms with E-state index in [0.717, 1.165) is 19.4 Å². The molecule has 7 heteroatoms. The van der Waals surface area contributed by atoms with E-state index in [2.05, 4.69) is 15.3 Å². The molecule has 0 aliphatic carbocycles. The minimum atomic E-state index is -0.199. The molecule has 2 rings (SSSR count). The van der Waals surface area contributed by atoms with E-state index in [4.69, 9.17) is 4.74 Å². The molecule has 2 heterocycles. The summed E-state index contributed by atoms with van der Waals surface area (Å²) in [7, 11) is 0. The molecule has 2 N–H and O–H groups in total. The summed E-state index contributed by atoms with van der Waals surface area (Å²) in [6, 6.07) is 1.42. The van der Waals surface area contributed by atoms with Gasteiger partial charge in [-0.1, -0.05) is 11.8 Å². The first-order chi connectivity index (χ1) is 9.13. The molecule has 0 bridgehead atoms. The van der Waals surface area contributed by atoms with Crippen molar-refractivity contribution in [1.29, 1.82) is 0 Å². The maximum Gasteiger partial charge on any atom is 0.251 e. The van der Waals surface area contributed by atoms with Gasteiger partial charge in [0.1, 0.15) is 0 Å². The molecule has 6 nitrogen and oxygen atoms in total. The van der Waals surface area contributed by atoms with Crippen LogP contribution >= 0.6 is 11.8 Å². The number of ether oxygens (including phenoxy) is 1. The van der Waals surface area contributed by atoms with E-state index < -0.39 is 0 Å². The zero-order valence-corrected chi connectivity index (χ0v) is 11.6. The summed E-state index contributed by atoms with van der Waals surface area (Å²) in [6.45, 7) is 3.08. The van der Waals surface area contributed by atoms with Crippen LogP contribution in [0.25, 0.3) is 0 Å². The number of nitrogens with zero attached hydrogens (tertiary/aromatic N) is 1. The third-order valence-corrected chi connectivity index (χ3v) is 3.61. The lowest BCUT2D eigenvalue weighted by Crippen LogP contribution is -2.33. The summed E-state index contributed by atoms with van der Waals surface area (Å²) >= 11 is 1.22. The second kappa shape index (κ2) is 6.72. The molecule has 1 fully saturated rings. The van der Waals surface area contributed by atoms with Crippen LogP contribution in [-0.4, -0.2) is 40.9 Å². The van der Waals surface area contributed by atoms with Crippen LogP contribution in [0.2, 0.25) is 0 Å². The van der Waals surface area contributed by atoms with Crippen LogP contribution in [0, 0.1) is 6.92 Å². The summed E-state index contributed by atoms with van der Waals surface area (Å²) in [6.07, 6.45) is 2.20. The number of aromatic amines is 1. The van der Waals surface area contributed by atoms with Crippen molar-refractivity contribution in [3.8, 4) is 0 Å². The second-order valence-corrected chi connectivity index (χ2v) is 5.38. The standard InChI is InChI=1S/C12H17N3O3S/c1-8-5-10(16)15-12(14-8)19-7-11(17)13-6-9-3-2-4-18-9/h5,9H,2-4,6-7H2,1H3,(H,13,17)(H,14,15,16)/t9-/m0/s1. The number of nitrogens with one attached hydrogen (secondary N) is 2. The van der Waals surface area contributed by atoms with Crippen LogP contribution in [0.4, 0.5) is 0 Å². The number of hydrogen-bond acceptors (Lipinski definition) is 5. The first-order valence-corrected chi connectivity index (χ1v) is 7.21. The molecule has 1 amide bonds. The van der Waals surface area contributed by atoms with Crippen LogP contribution in [-0.2, 0) is 9.53 Å². The topological polar surface area (TPSA) is 84.1 Å². The highest BCUT2D eigenvalue weighted by Crippen LogP contribution is 2.12. The summed E-state index contributed by atoms with van der Waals surface area (Å²) in [4.78, 5) is 29.6. The maximum atomic E-state index is 11.6. The van der Waals surface area contributed by atoms with Gasteiger partial charge in [-0.3, -0.25) is 9.59 Å². The molecule has 1 atom stereocenters. The number of aromatic nitrogens is 2. The average molecular weight is 283 g/mol. The highest BCUT2D eigenvalue weighted by molar-refractivity contribution is 7.99. The van der Waals surface area contributed by atoms with Gasteiger partial charge in [0, 0.05) is 24.9 Å². The molecular weight excluding hydrogens is 266 g/mol. The SMILES string of the molecule is Cc1cc(=O)[nH]c(SCC(=O)NC[C@@H]2CCCO2)n1. The van der Waals surface area contributed by atoms with Crippen molar-refractivity contribution < 1.29 is 9.53 Å². The third-order valence-electron chi connectivity index (χ3n) is 2.74. The first kappa shape index (κ1) is 14.1. The Morgan fingerprint density at radius 3 is 3.21 bits per heavy atom. The Morgan fingerprint density at radius 2 is 2.53 bits per heavy atom. The van der Waals surface area contributed by atoms with Crippen LogP contribution in [0.5, 0.6) is 0 Å². The minimum absolute atomic E-state index is 0.0790. The van der Waals surface area contributed by atoms with E-state index in [-0.39, 0.29) is 23.3 Å². The van der Waals surface area contributed by atoms with Gasteiger partial charge in [0.2, 0.25) is 5.91 Å². The van der Waals surface area contributed by atoms with Crippen molar-refractivity contribution in [2.75, 3.05) is 18.9 Å². The van der Waals surface area contributed by atoms with Gasteiger partial charge in [0.15, 0.2) is 5.16 Å². The van der Waals surface area contributed by atoms with Crippen molar-refractivity contribution in [3.63, 3.8) is 0 Å². The second-order valence-electron chi connectivity index (χ2n) is 4.42. The number of rotatable bonds is 5. The highest BCUT2D eigenvalue weighted by atomic mass is 32.2. The number of H-pyrrole nitrogens is 1. The monoisotopic (exact) mass is 283 g/mol. The molecule has 1 aliphatic rings. The van der Waals surface area contributed by atoms with Crippen molar-refractivity contribution >= 4 is 17.7 Å². The van der Waals surface area contributed by atoms with Gasteiger partial charge in [-0.15, -0.1) is 0 Å². The number of hydrogen-bond donors (Lipinski definition) is 2. The van der Waals surface area contributed by atoms with Crippen LogP contribution in [0.1, 0.15) is 18.5 Å². The predicted molar refractivity (Wildman–Crippen MR) is 72.3 cm³/mol. The molecule has 0 aromatic carbocycles. The highest BCUT2D eigenvalue weighted by Gasteiger charge is 2.16. The smallest absolute Gasteiger partial charge is 0.251 e. The molecule has 1 aromatic rings. The molecule has 0 unspecified atom stereocenters. The largest absolute Gasteiger partial charge is 0.376 e. The van der Waals surface area contributed by atoms with Gasteiger partial charge in [0.25, 0.3) is 5.56 Å². The number of thioether (sulfide) groups is 1. The van der Waals surface area contributed by atoms with Crippen molar-refractivity contribution in [1.82, 2.24) is 15.3 Å². The Balaban J connectivity index is 1.74. The lowest BCUT2D eigenvalue weighted by atomic mass is 10.2. The Hall–Kier alpha value is -1.34. The Labute approximate surface area is 115 Å². The molecule has 1 aromatic heterocycles. The Morgan fingerprint density at radius 1 is 1.68 bits per heavy atom. The van der Waals surface area contributed by atoms with Crippen LogP contribution < -0.4 is 10.9 Å². The summed E-state index contributed by atoms with van der Waals surface area (Å²) in [5.74, 6) is 0.156. The zero-order valence-electron chi connectivity index (χ0n) is 10.8. The predicted octanol–water partition coefficient (Wildman–Crippen LogP) is 0.466. The molecular formula is C12H17N3O3S. The molecule has 0 spiro atoms. The van der Waals surface area contributed by atoms with E-state index in [0.29, 0.717) is 17.4 Å². The third kappa shape index (κ3) is 4.68. The summed E-state index contributed by atoms with van der Waals surface area (Å²) in [5.41, 5.74) is 0.445. The average Bonchev–Trinajstić information content (AvgIpc) is 2.86. The quantitative estimate of drug-likeness (QED) is 0.606. The lowest BCUT2D eigenvalue weighted by molar-refractivity contribution is -0.119. The zero-order chi connectivity index (χ0) is 13.7. The molecule has 104 valence electrons. The van der Waals surface area contributed by atoms with E-state index in [1.807, 2.05) is 0 Å². The number of carbonyl (C=O) groups excluding carboxylic acids is 1. The fourth-order valence-electron chi connectivity index (χ4n) is 1.84. The molecule has 0 radical (unpaired) electrons. The van der Waals surface area contributed by atoms with Crippen molar-refractivity contribution in [3.05, 3.63) is 22.1 Å². The van der Waals surface area contributed by atoms with E-state index in [9.17, 15) is 9.59 Å². The van der Waals surface area contributed by atoms with Gasteiger partial charge in [0.05, 0.1) is 11.9 Å².